The standard InChI is InChI=1S/C21H18F2N6O2/c1-13-5-6-14(19-26-18(31-27-19)10-28-11-21(22,23)12-28)8-15(13)25-20(30)16-9-24-17-4-2-3-7-29(16)17/h2-9H,10-12H2,1H3,(H,25,30). The molecule has 1 aromatic carbocycles. The number of rotatable bonds is 5. The lowest BCUT2D eigenvalue weighted by Gasteiger charge is -2.37. The third-order valence-corrected chi connectivity index (χ3v) is 5.13. The van der Waals surface area contributed by atoms with Gasteiger partial charge in [-0.3, -0.25) is 14.1 Å². The van der Waals surface area contributed by atoms with Crippen molar-refractivity contribution in [2.24, 2.45) is 0 Å². The number of aromatic nitrogens is 4. The Labute approximate surface area is 175 Å². The highest BCUT2D eigenvalue weighted by Crippen LogP contribution is 2.29. The maximum Gasteiger partial charge on any atom is 0.274 e. The Morgan fingerprint density at radius 2 is 2.10 bits per heavy atom. The summed E-state index contributed by atoms with van der Waals surface area (Å²) in [5.74, 6) is -2.35. The number of fused-ring (bicyclic) bond motifs is 1. The Morgan fingerprint density at radius 3 is 2.90 bits per heavy atom. The van der Waals surface area contributed by atoms with Crippen LogP contribution >= 0.6 is 0 Å². The second-order valence-corrected chi connectivity index (χ2v) is 7.57. The van der Waals surface area contributed by atoms with E-state index >= 15 is 0 Å². The van der Waals surface area contributed by atoms with Gasteiger partial charge in [-0.1, -0.05) is 23.4 Å². The molecule has 10 heteroatoms. The first-order chi connectivity index (χ1) is 14.9. The molecule has 1 N–H and O–H groups in total. The minimum absolute atomic E-state index is 0.173. The zero-order chi connectivity index (χ0) is 21.6. The fourth-order valence-electron chi connectivity index (χ4n) is 3.53. The van der Waals surface area contributed by atoms with Crippen molar-refractivity contribution in [3.8, 4) is 11.4 Å². The van der Waals surface area contributed by atoms with Crippen LogP contribution in [0.2, 0.25) is 0 Å². The Balaban J connectivity index is 1.34. The Morgan fingerprint density at radius 1 is 1.26 bits per heavy atom. The fourth-order valence-corrected chi connectivity index (χ4v) is 3.53. The third kappa shape index (κ3) is 3.77. The molecule has 1 fully saturated rings. The number of benzene rings is 1. The van der Waals surface area contributed by atoms with Crippen LogP contribution in [0.1, 0.15) is 21.9 Å². The van der Waals surface area contributed by atoms with Crippen LogP contribution in [0.3, 0.4) is 0 Å². The van der Waals surface area contributed by atoms with Crippen LogP contribution in [0.25, 0.3) is 17.0 Å². The SMILES string of the molecule is Cc1ccc(-c2noc(CN3CC(F)(F)C3)n2)cc1NC(=O)c1cnc2ccccn12. The van der Waals surface area contributed by atoms with Crippen molar-refractivity contribution in [2.75, 3.05) is 18.4 Å². The van der Waals surface area contributed by atoms with Crippen LogP contribution in [0.4, 0.5) is 14.5 Å². The zero-order valence-electron chi connectivity index (χ0n) is 16.5. The molecule has 4 heterocycles. The number of nitrogens with zero attached hydrogens (tertiary/aromatic N) is 5. The molecule has 0 radical (unpaired) electrons. The lowest BCUT2D eigenvalue weighted by atomic mass is 10.1. The summed E-state index contributed by atoms with van der Waals surface area (Å²) >= 11 is 0. The van der Waals surface area contributed by atoms with E-state index in [4.69, 9.17) is 4.52 Å². The molecule has 0 aliphatic carbocycles. The highest BCUT2D eigenvalue weighted by Gasteiger charge is 2.44. The first kappa shape index (κ1) is 19.3. The van der Waals surface area contributed by atoms with Crippen LogP contribution in [0.15, 0.2) is 53.3 Å². The normalized spacial score (nSPS) is 15.7. The number of alkyl halides is 2. The van der Waals surface area contributed by atoms with E-state index in [2.05, 4.69) is 20.4 Å². The van der Waals surface area contributed by atoms with Gasteiger partial charge in [0.1, 0.15) is 11.3 Å². The summed E-state index contributed by atoms with van der Waals surface area (Å²) in [7, 11) is 0. The third-order valence-electron chi connectivity index (χ3n) is 5.13. The molecule has 4 aromatic rings. The summed E-state index contributed by atoms with van der Waals surface area (Å²) in [4.78, 5) is 22.9. The maximum atomic E-state index is 13.0. The van der Waals surface area contributed by atoms with Crippen molar-refractivity contribution in [1.82, 2.24) is 24.4 Å². The average molecular weight is 424 g/mol. The maximum absolute atomic E-state index is 13.0. The summed E-state index contributed by atoms with van der Waals surface area (Å²) in [6.45, 7) is 1.43. The summed E-state index contributed by atoms with van der Waals surface area (Å²) < 4.78 is 32.9. The summed E-state index contributed by atoms with van der Waals surface area (Å²) in [5, 5.41) is 6.85. The average Bonchev–Trinajstić information content (AvgIpc) is 3.35. The number of anilines is 1. The predicted molar refractivity (Wildman–Crippen MR) is 108 cm³/mol. The van der Waals surface area contributed by atoms with E-state index in [1.807, 2.05) is 37.3 Å². The second-order valence-electron chi connectivity index (χ2n) is 7.57. The van der Waals surface area contributed by atoms with Gasteiger partial charge in [0.25, 0.3) is 11.8 Å². The Kier molecular flexibility index (Phi) is 4.51. The zero-order valence-corrected chi connectivity index (χ0v) is 16.5. The molecular formula is C21H18F2N6O2. The summed E-state index contributed by atoms with van der Waals surface area (Å²) in [6, 6.07) is 10.9. The first-order valence-electron chi connectivity index (χ1n) is 9.65. The Bertz CT molecular complexity index is 1270. The number of carbonyl (C=O) groups is 1. The molecule has 1 saturated heterocycles. The van der Waals surface area contributed by atoms with Gasteiger partial charge < -0.3 is 9.84 Å². The van der Waals surface area contributed by atoms with Crippen molar-refractivity contribution in [1.29, 1.82) is 0 Å². The second kappa shape index (κ2) is 7.24. The fraction of sp³-hybridized carbons (Fsp3) is 0.238. The van der Waals surface area contributed by atoms with E-state index < -0.39 is 5.92 Å². The molecule has 0 spiro atoms. The van der Waals surface area contributed by atoms with Crippen molar-refractivity contribution >= 4 is 17.2 Å². The lowest BCUT2D eigenvalue weighted by molar-refractivity contribution is -0.136. The Hall–Kier alpha value is -3.66. The number of hydrogen-bond donors (Lipinski definition) is 1. The van der Waals surface area contributed by atoms with Crippen LogP contribution in [-0.4, -0.2) is 49.3 Å². The number of carbonyl (C=O) groups excluding carboxylic acids is 1. The van der Waals surface area contributed by atoms with E-state index in [1.165, 1.54) is 11.1 Å². The summed E-state index contributed by atoms with van der Waals surface area (Å²) in [6.07, 6.45) is 3.30. The molecule has 0 atom stereocenters. The van der Waals surface area contributed by atoms with Crippen LogP contribution < -0.4 is 5.32 Å². The van der Waals surface area contributed by atoms with Crippen molar-refractivity contribution < 1.29 is 18.1 Å². The molecule has 1 amide bonds. The summed E-state index contributed by atoms with van der Waals surface area (Å²) in [5.41, 5.74) is 3.19. The smallest absolute Gasteiger partial charge is 0.274 e. The van der Waals surface area contributed by atoms with Crippen LogP contribution in [0.5, 0.6) is 0 Å². The number of nitrogens with one attached hydrogen (secondary N) is 1. The van der Waals surface area contributed by atoms with Crippen molar-refractivity contribution in [3.05, 3.63) is 65.9 Å². The molecule has 0 unspecified atom stereocenters. The van der Waals surface area contributed by atoms with E-state index in [-0.39, 0.29) is 31.4 Å². The van der Waals surface area contributed by atoms with Gasteiger partial charge in [-0.15, -0.1) is 0 Å². The van der Waals surface area contributed by atoms with Gasteiger partial charge in [-0.05, 0) is 30.7 Å². The number of likely N-dealkylation sites (tertiary alicyclic amines) is 1. The molecule has 5 rings (SSSR count). The van der Waals surface area contributed by atoms with Gasteiger partial charge in [-0.25, -0.2) is 13.8 Å². The highest BCUT2D eigenvalue weighted by atomic mass is 19.3. The van der Waals surface area contributed by atoms with Gasteiger partial charge in [0.15, 0.2) is 0 Å². The number of pyridine rings is 1. The predicted octanol–water partition coefficient (Wildman–Crippen LogP) is 3.40. The lowest BCUT2D eigenvalue weighted by Crippen LogP contribution is -2.55. The molecule has 0 bridgehead atoms. The topological polar surface area (TPSA) is 88.6 Å². The molecule has 0 saturated carbocycles. The van der Waals surface area contributed by atoms with Gasteiger partial charge in [0, 0.05) is 17.4 Å². The molecule has 158 valence electrons. The number of halogens is 2. The minimum Gasteiger partial charge on any atom is -0.338 e. The van der Waals surface area contributed by atoms with Gasteiger partial charge in [0.05, 0.1) is 25.8 Å². The van der Waals surface area contributed by atoms with Gasteiger partial charge in [0.2, 0.25) is 11.7 Å². The van der Waals surface area contributed by atoms with E-state index in [9.17, 15) is 13.6 Å². The number of amides is 1. The van der Waals surface area contributed by atoms with Crippen LogP contribution in [0, 0.1) is 6.92 Å². The largest absolute Gasteiger partial charge is 0.338 e. The first-order valence-corrected chi connectivity index (χ1v) is 9.65. The monoisotopic (exact) mass is 424 g/mol. The minimum atomic E-state index is -2.65. The van der Waals surface area contributed by atoms with Gasteiger partial charge in [-0.2, -0.15) is 4.98 Å². The molecule has 8 nitrogen and oxygen atoms in total. The molecule has 31 heavy (non-hydrogen) atoms. The highest BCUT2D eigenvalue weighted by molar-refractivity contribution is 6.04. The van der Waals surface area contributed by atoms with E-state index in [0.717, 1.165) is 5.56 Å². The van der Waals surface area contributed by atoms with E-state index in [0.29, 0.717) is 28.4 Å². The molecule has 1 aliphatic heterocycles. The quantitative estimate of drug-likeness (QED) is 0.528. The molecule has 3 aromatic heterocycles. The van der Waals surface area contributed by atoms with Crippen molar-refractivity contribution in [2.45, 2.75) is 19.4 Å². The number of aryl methyl sites for hydroxylation is 1. The molecular weight excluding hydrogens is 406 g/mol. The number of imidazole rings is 1. The van der Waals surface area contributed by atoms with Crippen molar-refractivity contribution in [3.63, 3.8) is 0 Å². The van der Waals surface area contributed by atoms with Gasteiger partial charge >= 0.3 is 0 Å². The van der Waals surface area contributed by atoms with Crippen LogP contribution in [-0.2, 0) is 6.54 Å². The number of hydrogen-bond acceptors (Lipinski definition) is 6. The molecule has 1 aliphatic rings. The van der Waals surface area contributed by atoms with E-state index in [1.54, 1.807) is 16.7 Å².